The minimum absolute atomic E-state index is 0.342. The second kappa shape index (κ2) is 7.50. The number of anilines is 1. The van der Waals surface area contributed by atoms with E-state index in [1.54, 1.807) is 6.07 Å². The highest BCUT2D eigenvalue weighted by Gasteiger charge is 2.08. The van der Waals surface area contributed by atoms with E-state index in [-0.39, 0.29) is 0 Å². The van der Waals surface area contributed by atoms with E-state index in [1.165, 1.54) is 0 Å². The van der Waals surface area contributed by atoms with E-state index in [0.29, 0.717) is 17.0 Å². The van der Waals surface area contributed by atoms with Crippen LogP contribution < -0.4 is 5.32 Å². The first-order valence-electron chi connectivity index (χ1n) is 6.63. The first kappa shape index (κ1) is 15.1. The van der Waals surface area contributed by atoms with Gasteiger partial charge < -0.3 is 5.32 Å². The van der Waals surface area contributed by atoms with Gasteiger partial charge in [-0.3, -0.25) is 0 Å². The van der Waals surface area contributed by atoms with Gasteiger partial charge in [0.15, 0.2) is 5.82 Å². The Balaban J connectivity index is 2.17. The maximum atomic E-state index is 6.09. The van der Waals surface area contributed by atoms with Crippen molar-refractivity contribution in [3.63, 3.8) is 0 Å². The van der Waals surface area contributed by atoms with Gasteiger partial charge in [0.05, 0.1) is 0 Å². The molecule has 2 aromatic rings. The Kier molecular flexibility index (Phi) is 5.68. The Labute approximate surface area is 129 Å². The molecule has 1 N–H and O–H groups in total. The van der Waals surface area contributed by atoms with E-state index in [4.69, 9.17) is 11.6 Å². The summed E-state index contributed by atoms with van der Waals surface area (Å²) < 4.78 is 0. The maximum Gasteiger partial charge on any atom is 0.163 e. The third-order valence-electron chi connectivity index (χ3n) is 2.69. The van der Waals surface area contributed by atoms with E-state index in [1.807, 2.05) is 42.1 Å². The number of halogens is 1. The third-order valence-corrected chi connectivity index (χ3v) is 4.03. The Bertz CT molecular complexity index is 548. The van der Waals surface area contributed by atoms with Gasteiger partial charge in [-0.1, -0.05) is 48.9 Å². The Morgan fingerprint density at radius 1 is 1.25 bits per heavy atom. The molecule has 1 aromatic heterocycles. The summed E-state index contributed by atoms with van der Waals surface area (Å²) in [5, 5.41) is 3.83. The lowest BCUT2D eigenvalue weighted by Gasteiger charge is -2.14. The van der Waals surface area contributed by atoms with Crippen LogP contribution in [0, 0.1) is 0 Å². The van der Waals surface area contributed by atoms with Crippen LogP contribution in [0.4, 0.5) is 5.82 Å². The lowest BCUT2D eigenvalue weighted by molar-refractivity contribution is 0.899. The SMILES string of the molecule is CCSCC(C)Nc1cc(Cl)nc(-c2ccccc2)n1. The predicted octanol–water partition coefficient (Wildman–Crippen LogP) is 4.35. The summed E-state index contributed by atoms with van der Waals surface area (Å²) in [6.45, 7) is 4.30. The second-order valence-corrected chi connectivity index (χ2v) is 6.18. The normalized spacial score (nSPS) is 12.2. The average molecular weight is 308 g/mol. The Morgan fingerprint density at radius 2 is 2.00 bits per heavy atom. The fraction of sp³-hybridized carbons (Fsp3) is 0.333. The molecule has 0 amide bonds. The molecule has 1 heterocycles. The zero-order valence-corrected chi connectivity index (χ0v) is 13.2. The predicted molar refractivity (Wildman–Crippen MR) is 88.6 cm³/mol. The van der Waals surface area contributed by atoms with Crippen molar-refractivity contribution in [2.75, 3.05) is 16.8 Å². The van der Waals surface area contributed by atoms with E-state index in [9.17, 15) is 0 Å². The van der Waals surface area contributed by atoms with Crippen LogP contribution in [0.25, 0.3) is 11.4 Å². The smallest absolute Gasteiger partial charge is 0.163 e. The number of benzene rings is 1. The molecule has 106 valence electrons. The van der Waals surface area contributed by atoms with Crippen molar-refractivity contribution in [2.24, 2.45) is 0 Å². The highest BCUT2D eigenvalue weighted by molar-refractivity contribution is 7.99. The number of nitrogens with zero attached hydrogens (tertiary/aromatic N) is 2. The number of rotatable bonds is 6. The summed E-state index contributed by atoms with van der Waals surface area (Å²) in [6, 6.07) is 12.0. The van der Waals surface area contributed by atoms with Crippen LogP contribution in [0.2, 0.25) is 5.15 Å². The average Bonchev–Trinajstić information content (AvgIpc) is 2.45. The molecule has 20 heavy (non-hydrogen) atoms. The monoisotopic (exact) mass is 307 g/mol. The highest BCUT2D eigenvalue weighted by atomic mass is 35.5. The summed E-state index contributed by atoms with van der Waals surface area (Å²) in [6.07, 6.45) is 0. The summed E-state index contributed by atoms with van der Waals surface area (Å²) in [5.41, 5.74) is 0.966. The largest absolute Gasteiger partial charge is 0.367 e. The van der Waals surface area contributed by atoms with Crippen LogP contribution in [-0.2, 0) is 0 Å². The summed E-state index contributed by atoms with van der Waals surface area (Å²) in [7, 11) is 0. The van der Waals surface area contributed by atoms with Gasteiger partial charge in [0.1, 0.15) is 11.0 Å². The Morgan fingerprint density at radius 3 is 2.70 bits per heavy atom. The van der Waals surface area contributed by atoms with Crippen LogP contribution in [0.15, 0.2) is 36.4 Å². The first-order valence-corrected chi connectivity index (χ1v) is 8.16. The highest BCUT2D eigenvalue weighted by Crippen LogP contribution is 2.20. The molecule has 0 saturated carbocycles. The standard InChI is InChI=1S/C15H18ClN3S/c1-3-20-10-11(2)17-14-9-13(16)18-15(19-14)12-7-5-4-6-8-12/h4-9,11H,3,10H2,1-2H3,(H,17,18,19). The zero-order chi connectivity index (χ0) is 14.4. The molecule has 0 radical (unpaired) electrons. The van der Waals surface area contributed by atoms with Crippen molar-refractivity contribution in [3.8, 4) is 11.4 Å². The molecule has 5 heteroatoms. The summed E-state index contributed by atoms with van der Waals surface area (Å²) >= 11 is 7.99. The Hall–Kier alpha value is -1.26. The van der Waals surface area contributed by atoms with Gasteiger partial charge in [0.25, 0.3) is 0 Å². The molecule has 1 unspecified atom stereocenters. The molecule has 3 nitrogen and oxygen atoms in total. The van der Waals surface area contributed by atoms with Crippen molar-refractivity contribution >= 4 is 29.2 Å². The van der Waals surface area contributed by atoms with Crippen LogP contribution in [0.3, 0.4) is 0 Å². The molecule has 0 aliphatic rings. The molecule has 0 aliphatic heterocycles. The van der Waals surface area contributed by atoms with Crippen molar-refractivity contribution in [2.45, 2.75) is 19.9 Å². The number of aromatic nitrogens is 2. The summed E-state index contributed by atoms with van der Waals surface area (Å²) in [4.78, 5) is 8.82. The van der Waals surface area contributed by atoms with Gasteiger partial charge >= 0.3 is 0 Å². The molecule has 0 bridgehead atoms. The van der Waals surface area contributed by atoms with Crippen LogP contribution in [0.1, 0.15) is 13.8 Å². The van der Waals surface area contributed by atoms with Gasteiger partial charge in [0.2, 0.25) is 0 Å². The molecular weight excluding hydrogens is 290 g/mol. The van der Waals surface area contributed by atoms with Crippen LogP contribution in [-0.4, -0.2) is 27.5 Å². The lowest BCUT2D eigenvalue weighted by atomic mass is 10.2. The number of nitrogens with one attached hydrogen (secondary N) is 1. The quantitative estimate of drug-likeness (QED) is 0.805. The number of thioether (sulfide) groups is 1. The van der Waals surface area contributed by atoms with E-state index in [0.717, 1.165) is 22.9 Å². The summed E-state index contributed by atoms with van der Waals surface area (Å²) in [5.74, 6) is 3.58. The second-order valence-electron chi connectivity index (χ2n) is 4.47. The third kappa shape index (κ3) is 4.39. The van der Waals surface area contributed by atoms with Crippen molar-refractivity contribution in [1.82, 2.24) is 9.97 Å². The molecule has 0 saturated heterocycles. The van der Waals surface area contributed by atoms with Crippen LogP contribution >= 0.6 is 23.4 Å². The van der Waals surface area contributed by atoms with Crippen molar-refractivity contribution < 1.29 is 0 Å². The minimum atomic E-state index is 0.342. The topological polar surface area (TPSA) is 37.8 Å². The van der Waals surface area contributed by atoms with E-state index < -0.39 is 0 Å². The number of hydrogen-bond donors (Lipinski definition) is 1. The molecule has 0 aliphatic carbocycles. The van der Waals surface area contributed by atoms with Crippen LogP contribution in [0.5, 0.6) is 0 Å². The van der Waals surface area contributed by atoms with Gasteiger partial charge in [-0.25, -0.2) is 9.97 Å². The molecular formula is C15H18ClN3S. The maximum absolute atomic E-state index is 6.09. The molecule has 1 atom stereocenters. The first-order chi connectivity index (χ1) is 9.69. The van der Waals surface area contributed by atoms with Crippen molar-refractivity contribution in [3.05, 3.63) is 41.6 Å². The fourth-order valence-corrected chi connectivity index (χ4v) is 2.65. The molecule has 0 spiro atoms. The molecule has 2 rings (SSSR count). The van der Waals surface area contributed by atoms with Gasteiger partial charge in [-0.05, 0) is 12.7 Å². The number of hydrogen-bond acceptors (Lipinski definition) is 4. The van der Waals surface area contributed by atoms with Crippen molar-refractivity contribution in [1.29, 1.82) is 0 Å². The van der Waals surface area contributed by atoms with E-state index in [2.05, 4.69) is 29.1 Å². The molecule has 0 fully saturated rings. The zero-order valence-electron chi connectivity index (χ0n) is 11.6. The molecule has 1 aromatic carbocycles. The van der Waals surface area contributed by atoms with Gasteiger partial charge in [0, 0.05) is 23.4 Å². The van der Waals surface area contributed by atoms with E-state index >= 15 is 0 Å². The minimum Gasteiger partial charge on any atom is -0.367 e. The van der Waals surface area contributed by atoms with Gasteiger partial charge in [-0.15, -0.1) is 0 Å². The fourth-order valence-electron chi connectivity index (χ4n) is 1.80. The van der Waals surface area contributed by atoms with Gasteiger partial charge in [-0.2, -0.15) is 11.8 Å². The lowest BCUT2D eigenvalue weighted by Crippen LogP contribution is -2.19.